The molecule has 2 unspecified atom stereocenters. The van der Waals surface area contributed by atoms with E-state index in [9.17, 15) is 0 Å². The van der Waals surface area contributed by atoms with E-state index in [1.165, 1.54) is 37.8 Å². The van der Waals surface area contributed by atoms with Crippen molar-refractivity contribution in [3.8, 4) is 0 Å². The first kappa shape index (κ1) is 10.1. The number of alkyl halides is 1. The zero-order valence-corrected chi connectivity index (χ0v) is 10.1. The Kier molecular flexibility index (Phi) is 3.21. The first-order valence-electron chi connectivity index (χ1n) is 5.27. The Morgan fingerprint density at radius 2 is 2.14 bits per heavy atom. The van der Waals surface area contributed by atoms with E-state index in [-0.39, 0.29) is 0 Å². The van der Waals surface area contributed by atoms with Crippen LogP contribution >= 0.6 is 15.9 Å². The van der Waals surface area contributed by atoms with E-state index in [1.54, 1.807) is 0 Å². The van der Waals surface area contributed by atoms with Gasteiger partial charge in [0.25, 0.3) is 0 Å². The van der Waals surface area contributed by atoms with Gasteiger partial charge in [-0.3, -0.25) is 4.68 Å². The summed E-state index contributed by atoms with van der Waals surface area (Å²) in [4.78, 5) is 0.599. The molecule has 0 bridgehead atoms. The van der Waals surface area contributed by atoms with Crippen LogP contribution in [0.3, 0.4) is 0 Å². The molecule has 1 aromatic heterocycles. The standard InChI is InChI=1S/C10H16BrN3/c1-14-10(7-12-13-14)8-5-3-2-4-6-9(8)11/h7-9H,2-6H2,1H3. The third-order valence-corrected chi connectivity index (χ3v) is 4.16. The molecule has 0 saturated heterocycles. The van der Waals surface area contributed by atoms with Crippen molar-refractivity contribution in [2.75, 3.05) is 0 Å². The summed E-state index contributed by atoms with van der Waals surface area (Å²) in [7, 11) is 1.98. The van der Waals surface area contributed by atoms with Gasteiger partial charge in [-0.25, -0.2) is 0 Å². The largest absolute Gasteiger partial charge is 0.252 e. The lowest BCUT2D eigenvalue weighted by Gasteiger charge is -2.19. The Hall–Kier alpha value is -0.380. The van der Waals surface area contributed by atoms with Gasteiger partial charge >= 0.3 is 0 Å². The summed E-state index contributed by atoms with van der Waals surface area (Å²) in [5, 5.41) is 7.96. The zero-order valence-electron chi connectivity index (χ0n) is 8.49. The lowest BCUT2D eigenvalue weighted by atomic mass is 9.97. The average molecular weight is 258 g/mol. The lowest BCUT2D eigenvalue weighted by molar-refractivity contribution is 0.553. The molecular formula is C10H16BrN3. The van der Waals surface area contributed by atoms with Crippen molar-refractivity contribution in [1.82, 2.24) is 15.0 Å². The molecule has 78 valence electrons. The molecule has 3 nitrogen and oxygen atoms in total. The van der Waals surface area contributed by atoms with Crippen LogP contribution in [-0.4, -0.2) is 19.8 Å². The van der Waals surface area contributed by atoms with E-state index in [0.29, 0.717) is 10.7 Å². The maximum Gasteiger partial charge on any atom is 0.0728 e. The normalized spacial score (nSPS) is 28.7. The number of rotatable bonds is 1. The molecule has 2 atom stereocenters. The summed E-state index contributed by atoms with van der Waals surface area (Å²) >= 11 is 3.79. The highest BCUT2D eigenvalue weighted by Gasteiger charge is 2.25. The number of hydrogen-bond donors (Lipinski definition) is 0. The topological polar surface area (TPSA) is 30.7 Å². The third-order valence-electron chi connectivity index (χ3n) is 3.06. The first-order chi connectivity index (χ1) is 6.79. The first-order valence-corrected chi connectivity index (χ1v) is 6.19. The van der Waals surface area contributed by atoms with Gasteiger partial charge in [0.2, 0.25) is 0 Å². The predicted octanol–water partition coefficient (Wildman–Crippen LogP) is 2.63. The molecule has 1 aliphatic carbocycles. The Morgan fingerprint density at radius 1 is 1.36 bits per heavy atom. The van der Waals surface area contributed by atoms with Gasteiger partial charge in [-0.05, 0) is 12.8 Å². The molecular weight excluding hydrogens is 242 g/mol. The molecule has 0 N–H and O–H groups in total. The summed E-state index contributed by atoms with van der Waals surface area (Å²) < 4.78 is 1.91. The fourth-order valence-electron chi connectivity index (χ4n) is 2.23. The van der Waals surface area contributed by atoms with Crippen LogP contribution in [0.2, 0.25) is 0 Å². The van der Waals surface area contributed by atoms with Gasteiger partial charge in [-0.15, -0.1) is 5.10 Å². The number of halogens is 1. The van der Waals surface area contributed by atoms with Gasteiger partial charge in [-0.2, -0.15) is 0 Å². The average Bonchev–Trinajstić information content (AvgIpc) is 2.46. The molecule has 0 aromatic carbocycles. The quantitative estimate of drug-likeness (QED) is 0.572. The summed E-state index contributed by atoms with van der Waals surface area (Å²) in [5.74, 6) is 0.595. The number of aryl methyl sites for hydroxylation is 1. The molecule has 1 aliphatic rings. The van der Waals surface area contributed by atoms with Gasteiger partial charge in [0.05, 0.1) is 11.9 Å². The fraction of sp³-hybridized carbons (Fsp3) is 0.800. The van der Waals surface area contributed by atoms with Crippen LogP contribution < -0.4 is 0 Å². The van der Waals surface area contributed by atoms with E-state index >= 15 is 0 Å². The second-order valence-corrected chi connectivity index (χ2v) is 5.22. The molecule has 0 spiro atoms. The minimum atomic E-state index is 0.595. The second kappa shape index (κ2) is 4.43. The van der Waals surface area contributed by atoms with Gasteiger partial charge in [0.15, 0.2) is 0 Å². The molecule has 14 heavy (non-hydrogen) atoms. The molecule has 1 aromatic rings. The highest BCUT2D eigenvalue weighted by molar-refractivity contribution is 9.09. The van der Waals surface area contributed by atoms with E-state index in [2.05, 4.69) is 26.2 Å². The Balaban J connectivity index is 2.19. The van der Waals surface area contributed by atoms with Crippen LogP contribution in [0.25, 0.3) is 0 Å². The molecule has 0 amide bonds. The summed E-state index contributed by atoms with van der Waals surface area (Å²) in [5.41, 5.74) is 1.27. The zero-order chi connectivity index (χ0) is 9.97. The Morgan fingerprint density at radius 3 is 2.86 bits per heavy atom. The van der Waals surface area contributed by atoms with Crippen LogP contribution in [0.4, 0.5) is 0 Å². The van der Waals surface area contributed by atoms with Crippen molar-refractivity contribution in [2.45, 2.75) is 42.8 Å². The maximum absolute atomic E-state index is 4.00. The van der Waals surface area contributed by atoms with Crippen LogP contribution in [0, 0.1) is 0 Å². The molecule has 0 aliphatic heterocycles. The maximum atomic E-state index is 4.00. The van der Waals surface area contributed by atoms with Gasteiger partial charge in [0.1, 0.15) is 0 Å². The van der Waals surface area contributed by atoms with Crippen molar-refractivity contribution in [1.29, 1.82) is 0 Å². The smallest absolute Gasteiger partial charge is 0.0728 e. The minimum Gasteiger partial charge on any atom is -0.252 e. The molecule has 1 heterocycles. The lowest BCUT2D eigenvalue weighted by Crippen LogP contribution is -2.14. The van der Waals surface area contributed by atoms with Crippen LogP contribution in [-0.2, 0) is 7.05 Å². The highest BCUT2D eigenvalue weighted by atomic mass is 79.9. The molecule has 1 saturated carbocycles. The highest BCUT2D eigenvalue weighted by Crippen LogP contribution is 2.35. The van der Waals surface area contributed by atoms with Crippen molar-refractivity contribution in [3.63, 3.8) is 0 Å². The Bertz CT molecular complexity index is 297. The second-order valence-electron chi connectivity index (χ2n) is 4.04. The fourth-order valence-corrected chi connectivity index (χ4v) is 3.09. The Labute approximate surface area is 93.0 Å². The number of hydrogen-bond acceptors (Lipinski definition) is 2. The van der Waals surface area contributed by atoms with Crippen molar-refractivity contribution in [2.24, 2.45) is 7.05 Å². The number of nitrogens with zero attached hydrogens (tertiary/aromatic N) is 3. The molecule has 1 fully saturated rings. The summed E-state index contributed by atoms with van der Waals surface area (Å²) in [6.07, 6.45) is 8.48. The monoisotopic (exact) mass is 257 g/mol. The van der Waals surface area contributed by atoms with E-state index in [1.807, 2.05) is 17.9 Å². The van der Waals surface area contributed by atoms with Crippen molar-refractivity contribution < 1.29 is 0 Å². The van der Waals surface area contributed by atoms with Gasteiger partial charge in [-0.1, -0.05) is 40.4 Å². The third kappa shape index (κ3) is 2.00. The summed E-state index contributed by atoms with van der Waals surface area (Å²) in [6, 6.07) is 0. The van der Waals surface area contributed by atoms with Crippen molar-refractivity contribution >= 4 is 15.9 Å². The van der Waals surface area contributed by atoms with Gasteiger partial charge < -0.3 is 0 Å². The molecule has 4 heteroatoms. The van der Waals surface area contributed by atoms with E-state index in [0.717, 1.165) is 0 Å². The van der Waals surface area contributed by atoms with E-state index < -0.39 is 0 Å². The predicted molar refractivity (Wildman–Crippen MR) is 59.5 cm³/mol. The molecule has 2 rings (SSSR count). The van der Waals surface area contributed by atoms with Crippen molar-refractivity contribution in [3.05, 3.63) is 11.9 Å². The van der Waals surface area contributed by atoms with E-state index in [4.69, 9.17) is 0 Å². The van der Waals surface area contributed by atoms with Crippen LogP contribution in [0.1, 0.15) is 43.7 Å². The summed E-state index contributed by atoms with van der Waals surface area (Å²) in [6.45, 7) is 0. The number of aromatic nitrogens is 3. The van der Waals surface area contributed by atoms with Crippen LogP contribution in [0.15, 0.2) is 6.20 Å². The SMILES string of the molecule is Cn1nncc1C1CCCCCC1Br. The van der Waals surface area contributed by atoms with Crippen LogP contribution in [0.5, 0.6) is 0 Å². The molecule has 0 radical (unpaired) electrons. The van der Waals surface area contributed by atoms with Gasteiger partial charge in [0, 0.05) is 17.8 Å². The minimum absolute atomic E-state index is 0.595.